The smallest absolute Gasteiger partial charge is 0.239 e. The molecule has 0 unspecified atom stereocenters. The van der Waals surface area contributed by atoms with Crippen molar-refractivity contribution in [3.05, 3.63) is 16.8 Å². The zero-order valence-electron chi connectivity index (χ0n) is 16.1. The first-order valence-electron chi connectivity index (χ1n) is 9.45. The first kappa shape index (κ1) is 20.1. The predicted octanol–water partition coefficient (Wildman–Crippen LogP) is 2.89. The minimum atomic E-state index is -0.122. The molecule has 2 aromatic rings. The first-order chi connectivity index (χ1) is 13.0. The third-order valence-electron chi connectivity index (χ3n) is 4.83. The summed E-state index contributed by atoms with van der Waals surface area (Å²) in [6, 6.07) is 0. The summed E-state index contributed by atoms with van der Waals surface area (Å²) in [4.78, 5) is 37.3. The molecule has 0 bridgehead atoms. The lowest BCUT2D eigenvalue weighted by Crippen LogP contribution is -2.41. The van der Waals surface area contributed by atoms with Gasteiger partial charge in [-0.3, -0.25) is 9.59 Å². The first-order valence-corrected chi connectivity index (χ1v) is 11.3. The molecular formula is C19H26N4O2S2. The maximum absolute atomic E-state index is 12.6. The number of rotatable bonds is 7. The highest BCUT2D eigenvalue weighted by Gasteiger charge is 2.24. The Bertz CT molecular complexity index is 836. The van der Waals surface area contributed by atoms with Crippen molar-refractivity contribution >= 4 is 45.1 Å². The summed E-state index contributed by atoms with van der Waals surface area (Å²) in [5.74, 6) is 0.824. The van der Waals surface area contributed by atoms with Gasteiger partial charge in [-0.2, -0.15) is 0 Å². The lowest BCUT2D eigenvalue weighted by atomic mass is 9.89. The highest BCUT2D eigenvalue weighted by atomic mass is 32.2. The molecule has 0 radical (unpaired) electrons. The van der Waals surface area contributed by atoms with Gasteiger partial charge in [-0.05, 0) is 44.6 Å². The van der Waals surface area contributed by atoms with E-state index < -0.39 is 0 Å². The largest absolute Gasteiger partial charge is 0.355 e. The van der Waals surface area contributed by atoms with Crippen molar-refractivity contribution in [3.8, 4) is 0 Å². The van der Waals surface area contributed by atoms with E-state index >= 15 is 0 Å². The SMILES string of the molecule is CCNC(=O)CN(CC)C(=O)CSc1ncnc2sc3c(c12)CC[C@H](C)C3. The minimum Gasteiger partial charge on any atom is -0.355 e. The number of likely N-dealkylation sites (N-methyl/N-ethyl adjacent to an activating group) is 2. The fourth-order valence-corrected chi connectivity index (χ4v) is 5.72. The van der Waals surface area contributed by atoms with Crippen LogP contribution in [0.2, 0.25) is 0 Å². The predicted molar refractivity (Wildman–Crippen MR) is 110 cm³/mol. The summed E-state index contributed by atoms with van der Waals surface area (Å²) < 4.78 is 0. The summed E-state index contributed by atoms with van der Waals surface area (Å²) >= 11 is 3.22. The molecule has 146 valence electrons. The molecule has 2 amide bonds. The van der Waals surface area contributed by atoms with E-state index in [1.165, 1.54) is 28.6 Å². The zero-order valence-corrected chi connectivity index (χ0v) is 17.7. The number of thiophene rings is 1. The van der Waals surface area contributed by atoms with Crippen molar-refractivity contribution in [2.45, 2.75) is 45.1 Å². The number of amides is 2. The van der Waals surface area contributed by atoms with Gasteiger partial charge in [0.15, 0.2) is 0 Å². The van der Waals surface area contributed by atoms with E-state index in [1.807, 2.05) is 13.8 Å². The Hall–Kier alpha value is -1.67. The Labute approximate surface area is 168 Å². The van der Waals surface area contributed by atoms with E-state index in [0.717, 1.165) is 28.1 Å². The third-order valence-corrected chi connectivity index (χ3v) is 6.97. The molecule has 0 aliphatic heterocycles. The van der Waals surface area contributed by atoms with Gasteiger partial charge in [0.25, 0.3) is 0 Å². The van der Waals surface area contributed by atoms with Crippen LogP contribution in [0.4, 0.5) is 0 Å². The number of aromatic nitrogens is 2. The van der Waals surface area contributed by atoms with Crippen LogP contribution in [-0.2, 0) is 22.4 Å². The number of hydrogen-bond acceptors (Lipinski definition) is 6. The van der Waals surface area contributed by atoms with E-state index in [1.54, 1.807) is 22.6 Å². The van der Waals surface area contributed by atoms with Crippen LogP contribution < -0.4 is 5.32 Å². The molecule has 6 nitrogen and oxygen atoms in total. The van der Waals surface area contributed by atoms with E-state index in [-0.39, 0.29) is 24.1 Å². The molecule has 0 fully saturated rings. The molecule has 8 heteroatoms. The van der Waals surface area contributed by atoms with Crippen LogP contribution >= 0.6 is 23.1 Å². The van der Waals surface area contributed by atoms with E-state index in [9.17, 15) is 9.59 Å². The van der Waals surface area contributed by atoms with Gasteiger partial charge in [0.2, 0.25) is 11.8 Å². The fourth-order valence-electron chi connectivity index (χ4n) is 3.38. The van der Waals surface area contributed by atoms with E-state index in [4.69, 9.17) is 0 Å². The van der Waals surface area contributed by atoms with E-state index in [2.05, 4.69) is 22.2 Å². The lowest BCUT2D eigenvalue weighted by Gasteiger charge is -2.20. The highest BCUT2D eigenvalue weighted by molar-refractivity contribution is 8.00. The van der Waals surface area contributed by atoms with Crippen LogP contribution in [0, 0.1) is 5.92 Å². The van der Waals surface area contributed by atoms with Crippen molar-refractivity contribution in [1.82, 2.24) is 20.2 Å². The number of aryl methyl sites for hydroxylation is 1. The number of thioether (sulfide) groups is 1. The quantitative estimate of drug-likeness (QED) is 0.565. The molecule has 3 rings (SSSR count). The summed E-state index contributed by atoms with van der Waals surface area (Å²) in [6.07, 6.45) is 4.94. The van der Waals surface area contributed by atoms with Gasteiger partial charge in [-0.25, -0.2) is 9.97 Å². The van der Waals surface area contributed by atoms with Crippen LogP contribution in [0.1, 0.15) is 37.6 Å². The minimum absolute atomic E-state index is 0.0433. The van der Waals surface area contributed by atoms with Gasteiger partial charge >= 0.3 is 0 Å². The van der Waals surface area contributed by atoms with Crippen LogP contribution in [0.3, 0.4) is 0 Å². The van der Waals surface area contributed by atoms with Crippen LogP contribution in [-0.4, -0.2) is 52.1 Å². The topological polar surface area (TPSA) is 75.2 Å². The number of nitrogens with zero attached hydrogens (tertiary/aromatic N) is 3. The lowest BCUT2D eigenvalue weighted by molar-refractivity contribution is -0.133. The highest BCUT2D eigenvalue weighted by Crippen LogP contribution is 2.40. The van der Waals surface area contributed by atoms with Gasteiger partial charge in [0.1, 0.15) is 16.2 Å². The number of carbonyl (C=O) groups is 2. The average molecular weight is 407 g/mol. The Balaban J connectivity index is 1.73. The molecule has 1 N–H and O–H groups in total. The third kappa shape index (κ3) is 4.60. The van der Waals surface area contributed by atoms with Gasteiger partial charge in [0.05, 0.1) is 12.3 Å². The van der Waals surface area contributed by atoms with Crippen molar-refractivity contribution < 1.29 is 9.59 Å². The Morgan fingerprint density at radius 2 is 2.19 bits per heavy atom. The summed E-state index contributed by atoms with van der Waals surface area (Å²) in [5, 5.41) is 4.76. The van der Waals surface area contributed by atoms with Crippen LogP contribution in [0.25, 0.3) is 10.2 Å². The number of carbonyl (C=O) groups excluding carboxylic acids is 2. The maximum atomic E-state index is 12.6. The Morgan fingerprint density at radius 1 is 1.37 bits per heavy atom. The molecule has 0 saturated carbocycles. The summed E-state index contributed by atoms with van der Waals surface area (Å²) in [7, 11) is 0. The molecule has 1 aliphatic rings. The van der Waals surface area contributed by atoms with Gasteiger partial charge in [-0.15, -0.1) is 11.3 Å². The number of nitrogens with one attached hydrogen (secondary N) is 1. The normalized spacial score (nSPS) is 16.2. The van der Waals surface area contributed by atoms with Crippen LogP contribution in [0.15, 0.2) is 11.4 Å². The van der Waals surface area contributed by atoms with Crippen LogP contribution in [0.5, 0.6) is 0 Å². The standard InChI is InChI=1S/C19H26N4O2S2/c1-4-20-15(24)9-23(5-2)16(25)10-26-18-17-13-7-6-12(3)8-14(13)27-19(17)22-11-21-18/h11-12H,4-10H2,1-3H3,(H,20,24)/t12-/m0/s1. The molecular weight excluding hydrogens is 380 g/mol. The summed E-state index contributed by atoms with van der Waals surface area (Å²) in [5.41, 5.74) is 1.37. The molecule has 0 saturated heterocycles. The average Bonchev–Trinajstić information content (AvgIpc) is 3.02. The van der Waals surface area contributed by atoms with Crippen molar-refractivity contribution in [1.29, 1.82) is 0 Å². The second-order valence-electron chi connectivity index (χ2n) is 6.86. The number of hydrogen-bond donors (Lipinski definition) is 1. The van der Waals surface area contributed by atoms with Crippen molar-refractivity contribution in [2.75, 3.05) is 25.4 Å². The Kier molecular flexibility index (Phi) is 6.70. The van der Waals surface area contributed by atoms with Crippen molar-refractivity contribution in [3.63, 3.8) is 0 Å². The molecule has 2 heterocycles. The molecule has 1 aliphatic carbocycles. The number of fused-ring (bicyclic) bond motifs is 3. The molecule has 27 heavy (non-hydrogen) atoms. The van der Waals surface area contributed by atoms with Gasteiger partial charge in [0, 0.05) is 23.4 Å². The second-order valence-corrected chi connectivity index (χ2v) is 8.91. The molecule has 0 aromatic carbocycles. The fraction of sp³-hybridized carbons (Fsp3) is 0.579. The Morgan fingerprint density at radius 3 is 2.93 bits per heavy atom. The molecule has 1 atom stereocenters. The van der Waals surface area contributed by atoms with Crippen molar-refractivity contribution in [2.24, 2.45) is 5.92 Å². The second kappa shape index (κ2) is 9.01. The van der Waals surface area contributed by atoms with Gasteiger partial charge < -0.3 is 10.2 Å². The van der Waals surface area contributed by atoms with Gasteiger partial charge in [-0.1, -0.05) is 18.7 Å². The summed E-state index contributed by atoms with van der Waals surface area (Å²) in [6.45, 7) is 7.24. The zero-order chi connectivity index (χ0) is 19.4. The maximum Gasteiger partial charge on any atom is 0.239 e. The monoisotopic (exact) mass is 406 g/mol. The van der Waals surface area contributed by atoms with E-state index in [0.29, 0.717) is 19.0 Å². The molecule has 0 spiro atoms. The molecule has 2 aromatic heterocycles.